The van der Waals surface area contributed by atoms with Gasteiger partial charge < -0.3 is 0 Å². The summed E-state index contributed by atoms with van der Waals surface area (Å²) in [5, 5.41) is 0. The molecule has 1 saturated heterocycles. The number of hydrogen-bond donors (Lipinski definition) is 0. The highest BCUT2D eigenvalue weighted by molar-refractivity contribution is 7.92. The fourth-order valence-corrected chi connectivity index (χ4v) is 2.01. The molecule has 0 aromatic heterocycles. The van der Waals surface area contributed by atoms with E-state index < -0.39 is 9.84 Å². The Morgan fingerprint density at radius 1 is 1.43 bits per heavy atom. The zero-order valence-electron chi connectivity index (χ0n) is 3.92. The third-order valence-electron chi connectivity index (χ3n) is 0.979. The van der Waals surface area contributed by atoms with Crippen molar-refractivity contribution in [3.05, 3.63) is 6.92 Å². The van der Waals surface area contributed by atoms with Crippen LogP contribution in [0.5, 0.6) is 0 Å². The van der Waals surface area contributed by atoms with E-state index in [-0.39, 0.29) is 5.92 Å². The van der Waals surface area contributed by atoms with Crippen LogP contribution >= 0.6 is 0 Å². The third kappa shape index (κ3) is 0.938. The van der Waals surface area contributed by atoms with Crippen molar-refractivity contribution in [3.63, 3.8) is 0 Å². The van der Waals surface area contributed by atoms with Gasteiger partial charge in [-0.15, -0.1) is 0 Å². The second-order valence-corrected chi connectivity index (χ2v) is 4.10. The molecule has 0 saturated carbocycles. The van der Waals surface area contributed by atoms with E-state index in [9.17, 15) is 8.42 Å². The van der Waals surface area contributed by atoms with Crippen molar-refractivity contribution < 1.29 is 8.42 Å². The minimum atomic E-state index is -2.59. The maximum Gasteiger partial charge on any atom is 0.150 e. The summed E-state index contributed by atoms with van der Waals surface area (Å²) in [6, 6.07) is 0. The van der Waals surface area contributed by atoms with Crippen LogP contribution in [0.3, 0.4) is 0 Å². The summed E-state index contributed by atoms with van der Waals surface area (Å²) in [5.74, 6) is 0.769. The predicted molar refractivity (Wildman–Crippen MR) is 27.5 cm³/mol. The molecule has 1 rings (SSSR count). The Hall–Kier alpha value is -0.0500. The number of sulfone groups is 1. The van der Waals surface area contributed by atoms with Gasteiger partial charge in [0.15, 0.2) is 9.84 Å². The summed E-state index contributed by atoms with van der Waals surface area (Å²) in [6.07, 6.45) is 0. The minimum Gasteiger partial charge on any atom is -0.229 e. The maximum absolute atomic E-state index is 10.3. The first kappa shape index (κ1) is 5.09. The standard InChI is InChI=1S/C4H7O2S/c1-4-2-7(5,6)3-4/h4H,1-3H2. The molecule has 1 fully saturated rings. The minimum absolute atomic E-state index is 0.171. The van der Waals surface area contributed by atoms with Gasteiger partial charge in [0.1, 0.15) is 0 Å². The normalized spacial score (nSPS) is 29.3. The lowest BCUT2D eigenvalue weighted by atomic mass is 10.2. The molecule has 0 aromatic carbocycles. The van der Waals surface area contributed by atoms with Crippen LogP contribution in [-0.4, -0.2) is 19.9 Å². The van der Waals surface area contributed by atoms with Crippen LogP contribution in [0.4, 0.5) is 0 Å². The Kier molecular flexibility index (Phi) is 0.885. The van der Waals surface area contributed by atoms with Gasteiger partial charge in [0, 0.05) is 0 Å². The highest BCUT2D eigenvalue weighted by Gasteiger charge is 2.28. The molecule has 0 aliphatic carbocycles. The second kappa shape index (κ2) is 1.22. The van der Waals surface area contributed by atoms with Crippen molar-refractivity contribution in [1.82, 2.24) is 0 Å². The zero-order chi connectivity index (χ0) is 5.49. The van der Waals surface area contributed by atoms with Gasteiger partial charge in [-0.1, -0.05) is 0 Å². The van der Waals surface area contributed by atoms with Crippen LogP contribution in [0.25, 0.3) is 0 Å². The zero-order valence-corrected chi connectivity index (χ0v) is 4.74. The van der Waals surface area contributed by atoms with Crippen molar-refractivity contribution >= 4 is 9.84 Å². The first-order valence-corrected chi connectivity index (χ1v) is 3.96. The topological polar surface area (TPSA) is 34.1 Å². The first-order chi connectivity index (χ1) is 3.10. The van der Waals surface area contributed by atoms with Crippen LogP contribution in [-0.2, 0) is 9.84 Å². The Morgan fingerprint density at radius 2 is 1.86 bits per heavy atom. The van der Waals surface area contributed by atoms with Crippen molar-refractivity contribution in [2.24, 2.45) is 5.92 Å². The third-order valence-corrected chi connectivity index (χ3v) is 2.94. The highest BCUT2D eigenvalue weighted by Crippen LogP contribution is 2.15. The molecule has 41 valence electrons. The summed E-state index contributed by atoms with van der Waals surface area (Å²) < 4.78 is 20.5. The molecule has 0 atom stereocenters. The number of rotatable bonds is 0. The van der Waals surface area contributed by atoms with E-state index in [1.807, 2.05) is 0 Å². The molecule has 3 heteroatoms. The first-order valence-electron chi connectivity index (χ1n) is 2.14. The van der Waals surface area contributed by atoms with Gasteiger partial charge in [-0.05, 0) is 12.8 Å². The molecular formula is C4H7O2S. The van der Waals surface area contributed by atoms with Crippen LogP contribution in [0.2, 0.25) is 0 Å². The van der Waals surface area contributed by atoms with Gasteiger partial charge in [-0.2, -0.15) is 0 Å². The van der Waals surface area contributed by atoms with E-state index >= 15 is 0 Å². The number of hydrogen-bond acceptors (Lipinski definition) is 2. The van der Waals surface area contributed by atoms with Gasteiger partial charge in [-0.3, -0.25) is 0 Å². The SMILES string of the molecule is [CH2]C1CS(=O)(=O)C1. The van der Waals surface area contributed by atoms with Gasteiger partial charge in [0.2, 0.25) is 0 Å². The highest BCUT2D eigenvalue weighted by atomic mass is 32.2. The molecule has 0 amide bonds. The van der Waals surface area contributed by atoms with E-state index in [1.165, 1.54) is 0 Å². The predicted octanol–water partition coefficient (Wildman–Crippen LogP) is -0.135. The summed E-state index contributed by atoms with van der Waals surface area (Å²) in [7, 11) is -2.59. The summed E-state index contributed by atoms with van der Waals surface area (Å²) >= 11 is 0. The van der Waals surface area contributed by atoms with Crippen molar-refractivity contribution in [3.8, 4) is 0 Å². The molecule has 0 spiro atoms. The Balaban J connectivity index is 2.61. The lowest BCUT2D eigenvalue weighted by Crippen LogP contribution is -2.33. The van der Waals surface area contributed by atoms with E-state index in [1.54, 1.807) is 0 Å². The molecule has 1 radical (unpaired) electrons. The molecule has 1 aliphatic rings. The van der Waals surface area contributed by atoms with E-state index in [2.05, 4.69) is 6.92 Å². The van der Waals surface area contributed by atoms with Crippen molar-refractivity contribution in [2.75, 3.05) is 11.5 Å². The van der Waals surface area contributed by atoms with E-state index in [4.69, 9.17) is 0 Å². The van der Waals surface area contributed by atoms with Gasteiger partial charge in [0.25, 0.3) is 0 Å². The van der Waals surface area contributed by atoms with Crippen LogP contribution in [0.1, 0.15) is 0 Å². The van der Waals surface area contributed by atoms with Gasteiger partial charge in [0.05, 0.1) is 11.5 Å². The van der Waals surface area contributed by atoms with E-state index in [0.717, 1.165) is 0 Å². The Bertz CT molecular complexity index is 145. The quantitative estimate of drug-likeness (QED) is 0.445. The van der Waals surface area contributed by atoms with Crippen LogP contribution in [0.15, 0.2) is 0 Å². The monoisotopic (exact) mass is 119 g/mol. The molecule has 0 N–H and O–H groups in total. The van der Waals surface area contributed by atoms with E-state index in [0.29, 0.717) is 11.5 Å². The molecule has 0 bridgehead atoms. The molecule has 2 nitrogen and oxygen atoms in total. The van der Waals surface area contributed by atoms with Crippen LogP contribution < -0.4 is 0 Å². The maximum atomic E-state index is 10.3. The van der Waals surface area contributed by atoms with Gasteiger partial charge >= 0.3 is 0 Å². The summed E-state index contributed by atoms with van der Waals surface area (Å²) in [4.78, 5) is 0. The average Bonchev–Trinajstić information content (AvgIpc) is 1.27. The molecule has 0 aromatic rings. The molecule has 1 heterocycles. The molecule has 0 unspecified atom stereocenters. The summed E-state index contributed by atoms with van der Waals surface area (Å²) in [5.41, 5.74) is 0. The Labute approximate surface area is 43.5 Å². The van der Waals surface area contributed by atoms with Crippen molar-refractivity contribution in [1.29, 1.82) is 0 Å². The Morgan fingerprint density at radius 3 is 1.86 bits per heavy atom. The lowest BCUT2D eigenvalue weighted by Gasteiger charge is -2.20. The second-order valence-electron chi connectivity index (χ2n) is 1.94. The van der Waals surface area contributed by atoms with Gasteiger partial charge in [-0.25, -0.2) is 8.42 Å². The largest absolute Gasteiger partial charge is 0.229 e. The molecular weight excluding hydrogens is 112 g/mol. The average molecular weight is 119 g/mol. The van der Waals surface area contributed by atoms with Crippen molar-refractivity contribution in [2.45, 2.75) is 0 Å². The fourth-order valence-electron chi connectivity index (χ4n) is 0.669. The molecule has 7 heavy (non-hydrogen) atoms. The lowest BCUT2D eigenvalue weighted by molar-refractivity contribution is 0.557. The van der Waals surface area contributed by atoms with Crippen LogP contribution in [0, 0.1) is 12.8 Å². The molecule has 1 aliphatic heterocycles. The summed E-state index contributed by atoms with van der Waals surface area (Å²) in [6.45, 7) is 3.56. The smallest absolute Gasteiger partial charge is 0.150 e. The fraction of sp³-hybridized carbons (Fsp3) is 0.750.